The zero-order valence-electron chi connectivity index (χ0n) is 14.4. The molecule has 0 aliphatic heterocycles. The molecule has 0 radical (unpaired) electrons. The topological polar surface area (TPSA) is 53.2 Å². The third-order valence-corrected chi connectivity index (χ3v) is 5.30. The van der Waals surface area contributed by atoms with E-state index in [0.717, 1.165) is 12.0 Å². The van der Waals surface area contributed by atoms with E-state index in [2.05, 4.69) is 30.0 Å². The van der Waals surface area contributed by atoms with Crippen molar-refractivity contribution in [1.29, 1.82) is 0 Å². The quantitative estimate of drug-likeness (QED) is 0.574. The lowest BCUT2D eigenvalue weighted by molar-refractivity contribution is 0.0943. The molecule has 0 bridgehead atoms. The number of nitrogens with one attached hydrogen (secondary N) is 3. The maximum atomic E-state index is 12.2. The first-order valence-electron chi connectivity index (χ1n) is 8.32. The van der Waals surface area contributed by atoms with E-state index < -0.39 is 0 Å². The van der Waals surface area contributed by atoms with Crippen LogP contribution in [0.5, 0.6) is 0 Å². The summed E-state index contributed by atoms with van der Waals surface area (Å²) in [5.74, 6) is 1.11. The first-order chi connectivity index (χ1) is 10.9. The highest BCUT2D eigenvalue weighted by atomic mass is 32.1. The third-order valence-electron chi connectivity index (χ3n) is 5.08. The fourth-order valence-corrected chi connectivity index (χ4v) is 3.26. The summed E-state index contributed by atoms with van der Waals surface area (Å²) in [6.45, 7) is 8.58. The fraction of sp³-hybridized carbons (Fsp3) is 0.556. The molecule has 0 saturated heterocycles. The molecule has 0 heterocycles. The van der Waals surface area contributed by atoms with Crippen molar-refractivity contribution in [3.63, 3.8) is 0 Å². The second-order valence-corrected chi connectivity index (χ2v) is 7.13. The van der Waals surface area contributed by atoms with E-state index >= 15 is 0 Å². The summed E-state index contributed by atoms with van der Waals surface area (Å²) < 4.78 is 0. The van der Waals surface area contributed by atoms with Crippen LogP contribution in [0.2, 0.25) is 0 Å². The number of rotatable bonds is 2. The molecule has 0 aromatic heterocycles. The van der Waals surface area contributed by atoms with Crippen molar-refractivity contribution in [3.05, 3.63) is 34.9 Å². The molecular formula is C18H27N3OS. The summed E-state index contributed by atoms with van der Waals surface area (Å²) in [7, 11) is 0. The molecule has 1 aliphatic carbocycles. The van der Waals surface area contributed by atoms with Crippen LogP contribution >= 0.6 is 12.2 Å². The van der Waals surface area contributed by atoms with Crippen molar-refractivity contribution in [1.82, 2.24) is 16.2 Å². The zero-order chi connectivity index (χ0) is 17.0. The SMILES string of the molecule is Cc1ccc(C(=O)NNC(=S)N[C@H]2CCC[C@H](C)[C@@H]2C)cc1C. The number of hydrogen-bond donors (Lipinski definition) is 3. The summed E-state index contributed by atoms with van der Waals surface area (Å²) in [5, 5.41) is 3.81. The Balaban J connectivity index is 1.84. The van der Waals surface area contributed by atoms with Gasteiger partial charge in [-0.25, -0.2) is 0 Å². The molecule has 2 rings (SSSR count). The molecule has 3 atom stereocenters. The van der Waals surface area contributed by atoms with Gasteiger partial charge in [0.2, 0.25) is 0 Å². The van der Waals surface area contributed by atoms with Crippen LogP contribution in [0.1, 0.15) is 54.6 Å². The van der Waals surface area contributed by atoms with E-state index in [1.165, 1.54) is 18.4 Å². The van der Waals surface area contributed by atoms with Gasteiger partial charge in [0, 0.05) is 11.6 Å². The number of aryl methyl sites for hydroxylation is 2. The smallest absolute Gasteiger partial charge is 0.269 e. The minimum atomic E-state index is -0.178. The molecule has 4 nitrogen and oxygen atoms in total. The Labute approximate surface area is 144 Å². The molecule has 1 saturated carbocycles. The average Bonchev–Trinajstić information content (AvgIpc) is 2.52. The number of hydrogen-bond acceptors (Lipinski definition) is 2. The molecule has 5 heteroatoms. The van der Waals surface area contributed by atoms with E-state index in [0.29, 0.717) is 28.6 Å². The Kier molecular flexibility index (Phi) is 5.99. The molecule has 0 spiro atoms. The van der Waals surface area contributed by atoms with Gasteiger partial charge in [0.1, 0.15) is 0 Å². The van der Waals surface area contributed by atoms with Crippen LogP contribution in [-0.2, 0) is 0 Å². The van der Waals surface area contributed by atoms with Crippen LogP contribution in [0, 0.1) is 25.7 Å². The standard InChI is InChI=1S/C18H27N3OS/c1-11-8-9-15(10-13(11)3)17(22)20-21-18(23)19-16-7-5-6-12(2)14(16)4/h8-10,12,14,16H,5-7H2,1-4H3,(H,20,22)(H2,19,21,23)/t12-,14-,16-/m0/s1. The monoisotopic (exact) mass is 333 g/mol. The highest BCUT2D eigenvalue weighted by molar-refractivity contribution is 7.80. The van der Waals surface area contributed by atoms with E-state index in [9.17, 15) is 4.79 Å². The second-order valence-electron chi connectivity index (χ2n) is 6.73. The highest BCUT2D eigenvalue weighted by Gasteiger charge is 2.27. The average molecular weight is 334 g/mol. The molecule has 1 aromatic carbocycles. The van der Waals surface area contributed by atoms with Gasteiger partial charge < -0.3 is 5.32 Å². The van der Waals surface area contributed by atoms with E-state index in [-0.39, 0.29) is 5.91 Å². The molecule has 126 valence electrons. The Morgan fingerprint density at radius 1 is 1.13 bits per heavy atom. The van der Waals surface area contributed by atoms with Crippen LogP contribution in [0.25, 0.3) is 0 Å². The lowest BCUT2D eigenvalue weighted by atomic mass is 9.78. The molecule has 1 fully saturated rings. The maximum absolute atomic E-state index is 12.2. The summed E-state index contributed by atoms with van der Waals surface area (Å²) in [4.78, 5) is 12.2. The van der Waals surface area contributed by atoms with Gasteiger partial charge in [0.25, 0.3) is 5.91 Å². The van der Waals surface area contributed by atoms with Gasteiger partial charge in [-0.1, -0.05) is 32.8 Å². The highest BCUT2D eigenvalue weighted by Crippen LogP contribution is 2.29. The fourth-order valence-electron chi connectivity index (χ4n) is 3.06. The summed E-state index contributed by atoms with van der Waals surface area (Å²) in [6, 6.07) is 6.03. The molecule has 1 aromatic rings. The van der Waals surface area contributed by atoms with Gasteiger partial charge in [0.15, 0.2) is 5.11 Å². The van der Waals surface area contributed by atoms with Crippen LogP contribution < -0.4 is 16.2 Å². The van der Waals surface area contributed by atoms with E-state index in [4.69, 9.17) is 12.2 Å². The number of amides is 1. The third kappa shape index (κ3) is 4.67. The molecule has 1 amide bonds. The first kappa shape index (κ1) is 17.7. The molecular weight excluding hydrogens is 306 g/mol. The Morgan fingerprint density at radius 2 is 1.87 bits per heavy atom. The van der Waals surface area contributed by atoms with Crippen molar-refractivity contribution < 1.29 is 4.79 Å². The van der Waals surface area contributed by atoms with Crippen molar-refractivity contribution in [2.75, 3.05) is 0 Å². The van der Waals surface area contributed by atoms with E-state index in [1.807, 2.05) is 32.0 Å². The molecule has 0 unspecified atom stereocenters. The van der Waals surface area contributed by atoms with Crippen molar-refractivity contribution in [2.24, 2.45) is 11.8 Å². The molecule has 3 N–H and O–H groups in total. The number of carbonyl (C=O) groups is 1. The normalized spacial score (nSPS) is 23.9. The number of thiocarbonyl (C=S) groups is 1. The minimum Gasteiger partial charge on any atom is -0.358 e. The van der Waals surface area contributed by atoms with Gasteiger partial charge in [-0.3, -0.25) is 15.6 Å². The van der Waals surface area contributed by atoms with Crippen LogP contribution in [-0.4, -0.2) is 17.1 Å². The Morgan fingerprint density at radius 3 is 2.57 bits per heavy atom. The minimum absolute atomic E-state index is 0.178. The van der Waals surface area contributed by atoms with E-state index in [1.54, 1.807) is 0 Å². The largest absolute Gasteiger partial charge is 0.358 e. The van der Waals surface area contributed by atoms with Crippen molar-refractivity contribution in [3.8, 4) is 0 Å². The summed E-state index contributed by atoms with van der Waals surface area (Å²) >= 11 is 5.30. The van der Waals surface area contributed by atoms with Gasteiger partial charge in [-0.15, -0.1) is 0 Å². The van der Waals surface area contributed by atoms with Crippen LogP contribution in [0.4, 0.5) is 0 Å². The Bertz CT molecular complexity index is 588. The summed E-state index contributed by atoms with van der Waals surface area (Å²) in [6.07, 6.45) is 3.63. The predicted molar refractivity (Wildman–Crippen MR) is 98.2 cm³/mol. The number of benzene rings is 1. The van der Waals surface area contributed by atoms with Crippen molar-refractivity contribution >= 4 is 23.2 Å². The molecule has 23 heavy (non-hydrogen) atoms. The number of hydrazine groups is 1. The Hall–Kier alpha value is -1.62. The van der Waals surface area contributed by atoms with Crippen LogP contribution in [0.15, 0.2) is 18.2 Å². The van der Waals surface area contributed by atoms with Gasteiger partial charge in [0.05, 0.1) is 0 Å². The second kappa shape index (κ2) is 7.77. The first-order valence-corrected chi connectivity index (χ1v) is 8.73. The lowest BCUT2D eigenvalue weighted by Gasteiger charge is -2.35. The van der Waals surface area contributed by atoms with Gasteiger partial charge in [-0.05, 0) is 67.6 Å². The van der Waals surface area contributed by atoms with Gasteiger partial charge >= 0.3 is 0 Å². The predicted octanol–water partition coefficient (Wildman–Crippen LogP) is 3.24. The zero-order valence-corrected chi connectivity index (χ0v) is 15.2. The lowest BCUT2D eigenvalue weighted by Crippen LogP contribution is -2.52. The van der Waals surface area contributed by atoms with Crippen molar-refractivity contribution in [2.45, 2.75) is 53.0 Å². The maximum Gasteiger partial charge on any atom is 0.269 e. The van der Waals surface area contributed by atoms with Gasteiger partial charge in [-0.2, -0.15) is 0 Å². The number of carbonyl (C=O) groups excluding carboxylic acids is 1. The summed E-state index contributed by atoms with van der Waals surface area (Å²) in [5.41, 5.74) is 8.39. The molecule has 1 aliphatic rings. The van der Waals surface area contributed by atoms with Crippen LogP contribution in [0.3, 0.4) is 0 Å².